The Labute approximate surface area is 399 Å². The van der Waals surface area contributed by atoms with Gasteiger partial charge in [-0.25, -0.2) is 4.57 Å². The molecule has 0 amide bonds. The summed E-state index contributed by atoms with van der Waals surface area (Å²) >= 11 is 0. The van der Waals surface area contributed by atoms with Gasteiger partial charge in [-0.15, -0.1) is 0 Å². The molecule has 0 bridgehead atoms. The normalized spacial score (nSPS) is 13.4. The number of aliphatic carboxylic acids is 1. The highest BCUT2D eigenvalue weighted by atomic mass is 31.2. The summed E-state index contributed by atoms with van der Waals surface area (Å²) in [4.78, 5) is 46.3. The number of hydrogen-bond acceptors (Lipinski definition) is 9. The minimum atomic E-state index is -4.72. The molecule has 0 aliphatic heterocycles. The molecule has 0 heterocycles. The zero-order valence-corrected chi connectivity index (χ0v) is 43.3. The van der Waals surface area contributed by atoms with E-state index in [9.17, 15) is 23.8 Å². The van der Waals surface area contributed by atoms with E-state index in [2.05, 4.69) is 13.8 Å². The van der Waals surface area contributed by atoms with Gasteiger partial charge >= 0.3 is 25.7 Å². The van der Waals surface area contributed by atoms with E-state index in [-0.39, 0.29) is 19.4 Å². The minimum absolute atomic E-state index is 0.170. The van der Waals surface area contributed by atoms with E-state index in [1.807, 2.05) is 0 Å². The third-order valence-electron chi connectivity index (χ3n) is 12.6. The number of carboxylic acid groups (broad SMARTS) is 1. The summed E-state index contributed by atoms with van der Waals surface area (Å²) in [6, 6.07) is -1.52. The van der Waals surface area contributed by atoms with Gasteiger partial charge in [-0.3, -0.25) is 23.4 Å². The number of phosphoric acid groups is 1. The lowest BCUT2D eigenvalue weighted by Crippen LogP contribution is -2.34. The summed E-state index contributed by atoms with van der Waals surface area (Å²) in [5.41, 5.74) is 5.36. The smallest absolute Gasteiger partial charge is 0.472 e. The van der Waals surface area contributed by atoms with Crippen molar-refractivity contribution in [2.45, 2.75) is 302 Å². The fourth-order valence-electron chi connectivity index (χ4n) is 8.31. The molecule has 0 fully saturated rings. The van der Waals surface area contributed by atoms with E-state index >= 15 is 0 Å². The van der Waals surface area contributed by atoms with Gasteiger partial charge in [0.15, 0.2) is 6.10 Å². The van der Waals surface area contributed by atoms with Crippen molar-refractivity contribution in [1.82, 2.24) is 0 Å². The van der Waals surface area contributed by atoms with Crippen LogP contribution in [0.15, 0.2) is 0 Å². The van der Waals surface area contributed by atoms with Crippen molar-refractivity contribution in [2.75, 3.05) is 19.8 Å². The number of nitrogens with two attached hydrogens (primary N) is 1. The van der Waals surface area contributed by atoms with Crippen LogP contribution in [0.4, 0.5) is 0 Å². The van der Waals surface area contributed by atoms with Gasteiger partial charge in [-0.05, 0) is 12.8 Å². The Kier molecular flexibility index (Phi) is 47.8. The average molecular weight is 946 g/mol. The molecule has 0 aromatic heterocycles. The molecule has 0 saturated heterocycles. The van der Waals surface area contributed by atoms with Crippen LogP contribution in [0.2, 0.25) is 0 Å². The van der Waals surface area contributed by atoms with Crippen molar-refractivity contribution in [3.63, 3.8) is 0 Å². The van der Waals surface area contributed by atoms with Crippen LogP contribution < -0.4 is 5.73 Å². The summed E-state index contributed by atoms with van der Waals surface area (Å²) in [6.45, 7) is 2.88. The van der Waals surface area contributed by atoms with Crippen LogP contribution in [0.5, 0.6) is 0 Å². The Morgan fingerprint density at radius 2 is 0.677 bits per heavy atom. The lowest BCUT2D eigenvalue weighted by molar-refractivity contribution is -0.161. The topological polar surface area (TPSA) is 172 Å². The number of carbonyl (C=O) groups is 3. The van der Waals surface area contributed by atoms with Gasteiger partial charge in [0.1, 0.15) is 12.6 Å². The van der Waals surface area contributed by atoms with E-state index in [1.54, 1.807) is 0 Å². The molecule has 12 heteroatoms. The Hall–Kier alpha value is -1.52. The average Bonchev–Trinajstić information content (AvgIpc) is 3.28. The van der Waals surface area contributed by atoms with E-state index in [1.165, 1.54) is 212 Å². The van der Waals surface area contributed by atoms with E-state index < -0.39 is 51.1 Å². The summed E-state index contributed by atoms with van der Waals surface area (Å²) < 4.78 is 32.9. The molecule has 0 spiro atoms. The predicted molar refractivity (Wildman–Crippen MR) is 268 cm³/mol. The van der Waals surface area contributed by atoms with Gasteiger partial charge in [0.05, 0.1) is 13.2 Å². The van der Waals surface area contributed by atoms with Gasteiger partial charge in [0.2, 0.25) is 0 Å². The number of unbranched alkanes of at least 4 members (excludes halogenated alkanes) is 39. The molecule has 11 nitrogen and oxygen atoms in total. The molecule has 3 atom stereocenters. The molecule has 0 aromatic rings. The number of hydrogen-bond donors (Lipinski definition) is 3. The zero-order valence-electron chi connectivity index (χ0n) is 42.4. The van der Waals surface area contributed by atoms with E-state index in [4.69, 9.17) is 29.4 Å². The molecule has 0 aliphatic rings. The maximum atomic E-state index is 12.7. The van der Waals surface area contributed by atoms with Gasteiger partial charge < -0.3 is 25.2 Å². The van der Waals surface area contributed by atoms with Gasteiger partial charge in [0.25, 0.3) is 0 Å². The maximum Gasteiger partial charge on any atom is 0.472 e. The highest BCUT2D eigenvalue weighted by Gasteiger charge is 2.28. The van der Waals surface area contributed by atoms with Crippen molar-refractivity contribution in [1.29, 1.82) is 0 Å². The fraction of sp³-hybridized carbons (Fsp3) is 0.943. The Morgan fingerprint density at radius 3 is 0.969 bits per heavy atom. The van der Waals surface area contributed by atoms with Crippen molar-refractivity contribution in [2.24, 2.45) is 5.73 Å². The second-order valence-electron chi connectivity index (χ2n) is 19.1. The first-order chi connectivity index (χ1) is 31.6. The van der Waals surface area contributed by atoms with Crippen molar-refractivity contribution in [3.05, 3.63) is 0 Å². The van der Waals surface area contributed by atoms with Crippen molar-refractivity contribution < 1.29 is 47.5 Å². The molecule has 0 rings (SSSR count). The predicted octanol–water partition coefficient (Wildman–Crippen LogP) is 15.8. The minimum Gasteiger partial charge on any atom is -0.480 e. The SMILES string of the molecule is CCCCCCCCCCCCCCCCCCCCCCCCC(=O)OC[C@H](COP(=O)(O)OC[C@H](N)C(=O)O)OC(=O)CCCCCCCCCCCCCCCCCCCCC. The lowest BCUT2D eigenvalue weighted by Gasteiger charge is -2.20. The van der Waals surface area contributed by atoms with Crippen molar-refractivity contribution in [3.8, 4) is 0 Å². The van der Waals surface area contributed by atoms with Crippen molar-refractivity contribution >= 4 is 25.7 Å². The first kappa shape index (κ1) is 63.5. The Morgan fingerprint density at radius 1 is 0.415 bits per heavy atom. The highest BCUT2D eigenvalue weighted by molar-refractivity contribution is 7.47. The molecular weight excluding hydrogens is 842 g/mol. The number of rotatable bonds is 53. The van der Waals surface area contributed by atoms with E-state index in [0.29, 0.717) is 12.8 Å². The number of esters is 2. The third kappa shape index (κ3) is 48.7. The third-order valence-corrected chi connectivity index (χ3v) is 13.6. The standard InChI is InChI=1S/C53H104NO10P/c1-3-5-7-9-11-13-15-17-19-21-23-24-25-27-28-30-32-34-36-38-40-42-44-51(55)61-46-49(47-62-65(59,60)63-48-50(54)53(57)58)64-52(56)45-43-41-39-37-35-33-31-29-26-22-20-18-16-14-12-10-8-6-4-2/h49-50H,3-48,54H2,1-2H3,(H,57,58)(H,59,60)/t49-,50+/m1/s1. The van der Waals surface area contributed by atoms with Gasteiger partial charge in [-0.2, -0.15) is 0 Å². The second kappa shape index (κ2) is 48.9. The second-order valence-corrected chi connectivity index (χ2v) is 20.5. The first-order valence-corrected chi connectivity index (χ1v) is 29.1. The maximum absolute atomic E-state index is 12.7. The molecule has 0 saturated carbocycles. The first-order valence-electron chi connectivity index (χ1n) is 27.6. The van der Waals surface area contributed by atoms with Crippen LogP contribution in [0.25, 0.3) is 0 Å². The number of phosphoric ester groups is 1. The number of carboxylic acids is 1. The van der Waals surface area contributed by atoms with Gasteiger partial charge in [0, 0.05) is 12.8 Å². The molecule has 0 radical (unpaired) electrons. The summed E-state index contributed by atoms with van der Waals surface area (Å²) in [5.74, 6) is -2.35. The largest absolute Gasteiger partial charge is 0.480 e. The van der Waals surface area contributed by atoms with Crippen LogP contribution in [0, 0.1) is 0 Å². The molecule has 0 aromatic carbocycles. The van der Waals surface area contributed by atoms with Gasteiger partial charge in [-0.1, -0.05) is 264 Å². The van der Waals surface area contributed by atoms with E-state index in [0.717, 1.165) is 38.5 Å². The summed E-state index contributed by atoms with van der Waals surface area (Å²) in [5, 5.41) is 8.93. The van der Waals surface area contributed by atoms with Crippen LogP contribution >= 0.6 is 7.82 Å². The molecule has 65 heavy (non-hydrogen) atoms. The zero-order chi connectivity index (χ0) is 47.7. The quantitative estimate of drug-likeness (QED) is 0.0301. The molecule has 0 aliphatic carbocycles. The molecule has 1 unspecified atom stereocenters. The van der Waals surface area contributed by atoms with Crippen LogP contribution in [0.3, 0.4) is 0 Å². The van der Waals surface area contributed by atoms with Crippen LogP contribution in [-0.4, -0.2) is 59.9 Å². The summed E-state index contributed by atoms with van der Waals surface area (Å²) in [7, 11) is -4.72. The molecule has 386 valence electrons. The number of ether oxygens (including phenoxy) is 2. The van der Waals surface area contributed by atoms with Crippen LogP contribution in [0.1, 0.15) is 290 Å². The Balaban J connectivity index is 4.13. The number of carbonyl (C=O) groups excluding carboxylic acids is 2. The molecular formula is C53H104NO10P. The summed E-state index contributed by atoms with van der Waals surface area (Å²) in [6.07, 6.45) is 51.7. The highest BCUT2D eigenvalue weighted by Crippen LogP contribution is 2.43. The fourth-order valence-corrected chi connectivity index (χ4v) is 9.08. The Bertz CT molecular complexity index is 1110. The monoisotopic (exact) mass is 946 g/mol. The molecule has 4 N–H and O–H groups in total. The lowest BCUT2D eigenvalue weighted by atomic mass is 10.0. The van der Waals surface area contributed by atoms with Crippen LogP contribution in [-0.2, 0) is 37.5 Å².